The average molecular weight is 316 g/mol. The Labute approximate surface area is 139 Å². The smallest absolute Gasteiger partial charge is 0.314 e. The van der Waals surface area contributed by atoms with E-state index in [0.29, 0.717) is 11.5 Å². The number of aryl methyl sites for hydroxylation is 1. The molecule has 1 aromatic rings. The first-order valence-electron chi connectivity index (χ1n) is 8.18. The molecule has 0 spiro atoms. The van der Waals surface area contributed by atoms with Gasteiger partial charge in [0.25, 0.3) is 0 Å². The van der Waals surface area contributed by atoms with Gasteiger partial charge in [0.05, 0.1) is 0 Å². The molecule has 1 rings (SSSR count). The second-order valence-electron chi connectivity index (χ2n) is 6.80. The lowest BCUT2D eigenvalue weighted by Gasteiger charge is -2.25. The molecule has 0 aliphatic rings. The second-order valence-corrected chi connectivity index (χ2v) is 6.80. The maximum absolute atomic E-state index is 12.1. The second kappa shape index (κ2) is 8.66. The largest absolute Gasteiger partial charge is 0.459 e. The summed E-state index contributed by atoms with van der Waals surface area (Å²) in [5.74, 6) is -0.201. The van der Waals surface area contributed by atoms with E-state index in [-0.39, 0.29) is 12.2 Å². The van der Waals surface area contributed by atoms with Crippen molar-refractivity contribution in [3.8, 4) is 0 Å². The molecular formula is C20H28O3. The highest BCUT2D eigenvalue weighted by Crippen LogP contribution is 2.21. The van der Waals surface area contributed by atoms with Crippen LogP contribution in [-0.4, -0.2) is 17.4 Å². The SMILES string of the molecule is C=CC(C)CCCC(C)(C)OC(=O)CC(=O)c1ccc(C)cc1. The van der Waals surface area contributed by atoms with Crippen LogP contribution in [-0.2, 0) is 9.53 Å². The number of esters is 1. The first-order valence-corrected chi connectivity index (χ1v) is 8.18. The number of carbonyl (C=O) groups is 2. The van der Waals surface area contributed by atoms with Gasteiger partial charge in [-0.25, -0.2) is 0 Å². The Morgan fingerprint density at radius 2 is 1.87 bits per heavy atom. The van der Waals surface area contributed by atoms with Crippen LogP contribution in [0.25, 0.3) is 0 Å². The van der Waals surface area contributed by atoms with Crippen LogP contribution < -0.4 is 0 Å². The predicted octanol–water partition coefficient (Wildman–Crippen LogP) is 4.88. The Morgan fingerprint density at radius 1 is 1.26 bits per heavy atom. The Balaban J connectivity index is 2.46. The first kappa shape index (κ1) is 19.1. The van der Waals surface area contributed by atoms with E-state index in [1.807, 2.05) is 39.0 Å². The number of ketones is 1. The molecule has 126 valence electrons. The summed E-state index contributed by atoms with van der Waals surface area (Å²) in [7, 11) is 0. The number of ether oxygens (including phenoxy) is 1. The van der Waals surface area contributed by atoms with Crippen LogP contribution in [0.15, 0.2) is 36.9 Å². The van der Waals surface area contributed by atoms with Gasteiger partial charge < -0.3 is 4.74 Å². The third-order valence-corrected chi connectivity index (χ3v) is 3.91. The van der Waals surface area contributed by atoms with E-state index in [2.05, 4.69) is 13.5 Å². The van der Waals surface area contributed by atoms with Gasteiger partial charge in [-0.05, 0) is 46.0 Å². The maximum Gasteiger partial charge on any atom is 0.314 e. The minimum Gasteiger partial charge on any atom is -0.459 e. The molecule has 0 N–H and O–H groups in total. The molecular weight excluding hydrogens is 288 g/mol. The highest BCUT2D eigenvalue weighted by atomic mass is 16.6. The standard InChI is InChI=1S/C20H28O3/c1-6-15(2)8-7-13-20(4,5)23-19(22)14-18(21)17-11-9-16(3)10-12-17/h6,9-12,15H,1,7-8,13-14H2,2-5H3. The maximum atomic E-state index is 12.1. The van der Waals surface area contributed by atoms with Gasteiger partial charge in [-0.15, -0.1) is 6.58 Å². The normalized spacial score (nSPS) is 12.5. The Hall–Kier alpha value is -1.90. The van der Waals surface area contributed by atoms with Gasteiger partial charge in [0.15, 0.2) is 5.78 Å². The van der Waals surface area contributed by atoms with Gasteiger partial charge in [0, 0.05) is 5.56 Å². The average Bonchev–Trinajstić information content (AvgIpc) is 2.46. The summed E-state index contributed by atoms with van der Waals surface area (Å²) in [6.07, 6.45) is 4.47. The lowest BCUT2D eigenvalue weighted by molar-refractivity contribution is -0.155. The zero-order valence-corrected chi connectivity index (χ0v) is 14.7. The van der Waals surface area contributed by atoms with Crippen molar-refractivity contribution in [1.29, 1.82) is 0 Å². The van der Waals surface area contributed by atoms with Gasteiger partial charge in [-0.2, -0.15) is 0 Å². The summed E-state index contributed by atoms with van der Waals surface area (Å²) >= 11 is 0. The van der Waals surface area contributed by atoms with Crippen LogP contribution in [0.3, 0.4) is 0 Å². The molecule has 0 radical (unpaired) electrons. The van der Waals surface area contributed by atoms with Crippen molar-refractivity contribution in [3.05, 3.63) is 48.0 Å². The zero-order valence-electron chi connectivity index (χ0n) is 14.7. The number of Topliss-reactive ketones (excluding diaryl/α,β-unsaturated/α-hetero) is 1. The van der Waals surface area contributed by atoms with Gasteiger partial charge >= 0.3 is 5.97 Å². The highest BCUT2D eigenvalue weighted by Gasteiger charge is 2.24. The fraction of sp³-hybridized carbons (Fsp3) is 0.500. The molecule has 1 aromatic carbocycles. The molecule has 3 heteroatoms. The van der Waals surface area contributed by atoms with Crippen LogP contribution in [0.4, 0.5) is 0 Å². The third-order valence-electron chi connectivity index (χ3n) is 3.91. The minimum absolute atomic E-state index is 0.203. The number of benzene rings is 1. The van der Waals surface area contributed by atoms with Crippen LogP contribution in [0, 0.1) is 12.8 Å². The van der Waals surface area contributed by atoms with Crippen LogP contribution >= 0.6 is 0 Å². The monoisotopic (exact) mass is 316 g/mol. The zero-order chi connectivity index (χ0) is 17.5. The summed E-state index contributed by atoms with van der Waals surface area (Å²) in [6, 6.07) is 7.21. The van der Waals surface area contributed by atoms with Gasteiger partial charge in [-0.1, -0.05) is 42.8 Å². The van der Waals surface area contributed by atoms with E-state index in [1.54, 1.807) is 12.1 Å². The van der Waals surface area contributed by atoms with Crippen LogP contribution in [0.2, 0.25) is 0 Å². The van der Waals surface area contributed by atoms with Crippen molar-refractivity contribution in [2.75, 3.05) is 0 Å². The molecule has 0 bridgehead atoms. The van der Waals surface area contributed by atoms with Crippen LogP contribution in [0.1, 0.15) is 62.4 Å². The molecule has 23 heavy (non-hydrogen) atoms. The van der Waals surface area contributed by atoms with Gasteiger partial charge in [-0.3, -0.25) is 9.59 Å². The molecule has 0 heterocycles. The van der Waals surface area contributed by atoms with E-state index in [9.17, 15) is 9.59 Å². The Morgan fingerprint density at radius 3 is 2.43 bits per heavy atom. The Kier molecular flexibility index (Phi) is 7.21. The predicted molar refractivity (Wildman–Crippen MR) is 93.5 cm³/mol. The van der Waals surface area contributed by atoms with Gasteiger partial charge in [0.1, 0.15) is 12.0 Å². The summed E-state index contributed by atoms with van der Waals surface area (Å²) in [5, 5.41) is 0. The fourth-order valence-corrected chi connectivity index (χ4v) is 2.34. The van der Waals surface area contributed by atoms with Crippen molar-refractivity contribution in [2.24, 2.45) is 5.92 Å². The number of rotatable bonds is 9. The number of hydrogen-bond donors (Lipinski definition) is 0. The highest BCUT2D eigenvalue weighted by molar-refractivity contribution is 6.06. The molecule has 1 atom stereocenters. The van der Waals surface area contributed by atoms with E-state index >= 15 is 0 Å². The van der Waals surface area contributed by atoms with E-state index in [0.717, 1.165) is 24.8 Å². The topological polar surface area (TPSA) is 43.4 Å². The van der Waals surface area contributed by atoms with E-state index in [4.69, 9.17) is 4.74 Å². The molecule has 0 aliphatic heterocycles. The molecule has 3 nitrogen and oxygen atoms in total. The number of carbonyl (C=O) groups excluding carboxylic acids is 2. The van der Waals surface area contributed by atoms with Crippen molar-refractivity contribution >= 4 is 11.8 Å². The molecule has 1 unspecified atom stereocenters. The quantitative estimate of drug-likeness (QED) is 0.282. The molecule has 0 amide bonds. The third kappa shape index (κ3) is 7.27. The summed E-state index contributed by atoms with van der Waals surface area (Å²) in [6.45, 7) is 11.6. The molecule has 0 aliphatic carbocycles. The minimum atomic E-state index is -0.550. The number of hydrogen-bond acceptors (Lipinski definition) is 3. The lowest BCUT2D eigenvalue weighted by Crippen LogP contribution is -2.29. The number of allylic oxidation sites excluding steroid dienone is 1. The van der Waals surface area contributed by atoms with E-state index < -0.39 is 11.6 Å². The van der Waals surface area contributed by atoms with E-state index in [1.165, 1.54) is 0 Å². The van der Waals surface area contributed by atoms with Crippen molar-refractivity contribution < 1.29 is 14.3 Å². The van der Waals surface area contributed by atoms with Crippen molar-refractivity contribution in [2.45, 2.75) is 59.0 Å². The van der Waals surface area contributed by atoms with Crippen molar-refractivity contribution in [1.82, 2.24) is 0 Å². The molecule has 0 fully saturated rings. The molecule has 0 aromatic heterocycles. The summed E-state index contributed by atoms with van der Waals surface area (Å²) < 4.78 is 5.48. The van der Waals surface area contributed by atoms with Gasteiger partial charge in [0.2, 0.25) is 0 Å². The summed E-state index contributed by atoms with van der Waals surface area (Å²) in [5.41, 5.74) is 1.08. The van der Waals surface area contributed by atoms with Crippen LogP contribution in [0.5, 0.6) is 0 Å². The fourth-order valence-electron chi connectivity index (χ4n) is 2.34. The summed E-state index contributed by atoms with van der Waals surface area (Å²) in [4.78, 5) is 24.1. The first-order chi connectivity index (χ1) is 10.7. The molecule has 0 saturated heterocycles. The lowest BCUT2D eigenvalue weighted by atomic mass is 9.96. The Bertz CT molecular complexity index is 541. The van der Waals surface area contributed by atoms with Crippen molar-refractivity contribution in [3.63, 3.8) is 0 Å². The molecule has 0 saturated carbocycles.